The molecule has 4 nitrogen and oxygen atoms in total. The fourth-order valence-electron chi connectivity index (χ4n) is 2.89. The number of hydrogen-bond acceptors (Lipinski definition) is 3. The molecule has 1 aromatic carbocycles. The number of benzene rings is 1. The molecule has 1 saturated heterocycles. The van der Waals surface area contributed by atoms with Crippen molar-refractivity contribution < 1.29 is 4.79 Å². The fourth-order valence-corrected chi connectivity index (χ4v) is 2.89. The lowest BCUT2D eigenvalue weighted by Crippen LogP contribution is -2.49. The molecule has 0 saturated carbocycles. The molecule has 0 aliphatic carbocycles. The first-order valence-corrected chi connectivity index (χ1v) is 7.37. The Bertz CT molecular complexity index is 447. The molecule has 2 N–H and O–H groups in total. The number of likely N-dealkylation sites (N-methyl/N-ethyl adjacent to an activating group) is 1. The van der Waals surface area contributed by atoms with Crippen molar-refractivity contribution in [3.8, 4) is 0 Å². The molecule has 0 unspecified atom stereocenters. The van der Waals surface area contributed by atoms with E-state index in [-0.39, 0.29) is 5.91 Å². The van der Waals surface area contributed by atoms with Gasteiger partial charge in [0.05, 0.1) is 6.54 Å². The summed E-state index contributed by atoms with van der Waals surface area (Å²) in [6, 6.07) is 8.40. The molecule has 1 fully saturated rings. The number of hydrogen-bond donors (Lipinski definition) is 1. The van der Waals surface area contributed by atoms with Crippen molar-refractivity contribution in [2.75, 3.05) is 24.2 Å². The Kier molecular flexibility index (Phi) is 4.65. The van der Waals surface area contributed by atoms with Gasteiger partial charge in [-0.2, -0.15) is 0 Å². The van der Waals surface area contributed by atoms with E-state index in [0.29, 0.717) is 24.3 Å². The molecule has 110 valence electrons. The van der Waals surface area contributed by atoms with Crippen molar-refractivity contribution in [3.05, 3.63) is 24.3 Å². The second-order valence-corrected chi connectivity index (χ2v) is 5.85. The topological polar surface area (TPSA) is 49.6 Å². The SMILES string of the molecule is C[C@@H]1CCC[C@H](C)N1CC(=O)N(C)c1ccc(N)cc1. The van der Waals surface area contributed by atoms with Crippen LogP contribution in [0, 0.1) is 0 Å². The predicted octanol–water partition coefficient (Wildman–Crippen LogP) is 2.49. The van der Waals surface area contributed by atoms with Crippen molar-refractivity contribution in [2.45, 2.75) is 45.2 Å². The summed E-state index contributed by atoms with van der Waals surface area (Å²) < 4.78 is 0. The van der Waals surface area contributed by atoms with E-state index in [1.165, 1.54) is 19.3 Å². The normalized spacial score (nSPS) is 23.6. The molecule has 4 heteroatoms. The summed E-state index contributed by atoms with van der Waals surface area (Å²) in [4.78, 5) is 16.5. The zero-order valence-electron chi connectivity index (χ0n) is 12.7. The number of anilines is 2. The highest BCUT2D eigenvalue weighted by molar-refractivity contribution is 5.94. The van der Waals surface area contributed by atoms with Crippen LogP contribution in [0.1, 0.15) is 33.1 Å². The second-order valence-electron chi connectivity index (χ2n) is 5.85. The lowest BCUT2D eigenvalue weighted by atomic mass is 9.97. The van der Waals surface area contributed by atoms with Crippen LogP contribution in [0.5, 0.6) is 0 Å². The van der Waals surface area contributed by atoms with E-state index >= 15 is 0 Å². The first-order valence-electron chi connectivity index (χ1n) is 7.37. The first-order chi connectivity index (χ1) is 9.49. The molecule has 1 aliphatic rings. The number of nitrogens with two attached hydrogens (primary N) is 1. The minimum absolute atomic E-state index is 0.135. The number of piperidine rings is 1. The van der Waals surface area contributed by atoms with Crippen molar-refractivity contribution in [2.24, 2.45) is 0 Å². The van der Waals surface area contributed by atoms with Crippen LogP contribution in [0.25, 0.3) is 0 Å². The van der Waals surface area contributed by atoms with Crippen LogP contribution in [-0.4, -0.2) is 36.5 Å². The lowest BCUT2D eigenvalue weighted by molar-refractivity contribution is -0.121. The number of carbonyl (C=O) groups excluding carboxylic acids is 1. The Hall–Kier alpha value is -1.55. The average Bonchev–Trinajstić information content (AvgIpc) is 2.43. The van der Waals surface area contributed by atoms with E-state index in [4.69, 9.17) is 5.73 Å². The highest BCUT2D eigenvalue weighted by Crippen LogP contribution is 2.23. The van der Waals surface area contributed by atoms with E-state index < -0.39 is 0 Å². The summed E-state index contributed by atoms with van der Waals surface area (Å²) in [5, 5.41) is 0. The van der Waals surface area contributed by atoms with Crippen LogP contribution in [0.3, 0.4) is 0 Å². The molecule has 1 aromatic rings. The van der Waals surface area contributed by atoms with Gasteiger partial charge in [0.2, 0.25) is 5.91 Å². The smallest absolute Gasteiger partial charge is 0.240 e. The molecule has 0 bridgehead atoms. The quantitative estimate of drug-likeness (QED) is 0.862. The van der Waals surface area contributed by atoms with Crippen molar-refractivity contribution in [1.82, 2.24) is 4.90 Å². The molecule has 0 aromatic heterocycles. The van der Waals surface area contributed by atoms with E-state index in [2.05, 4.69) is 18.7 Å². The van der Waals surface area contributed by atoms with Gasteiger partial charge in [0.1, 0.15) is 0 Å². The Morgan fingerprint density at radius 1 is 1.25 bits per heavy atom. The van der Waals surface area contributed by atoms with Gasteiger partial charge in [-0.1, -0.05) is 6.42 Å². The number of amides is 1. The minimum atomic E-state index is 0.135. The van der Waals surface area contributed by atoms with Crippen LogP contribution in [0.2, 0.25) is 0 Å². The summed E-state index contributed by atoms with van der Waals surface area (Å²) >= 11 is 0. The summed E-state index contributed by atoms with van der Waals surface area (Å²) in [7, 11) is 1.83. The maximum absolute atomic E-state index is 12.4. The maximum Gasteiger partial charge on any atom is 0.240 e. The summed E-state index contributed by atoms with van der Waals surface area (Å²) in [6.45, 7) is 4.92. The number of nitrogen functional groups attached to an aromatic ring is 1. The summed E-state index contributed by atoms with van der Waals surface area (Å²) in [6.07, 6.45) is 3.63. The van der Waals surface area contributed by atoms with Gasteiger partial charge in [-0.3, -0.25) is 9.69 Å². The third kappa shape index (κ3) is 3.31. The summed E-state index contributed by atoms with van der Waals surface area (Å²) in [5.74, 6) is 0.135. The van der Waals surface area contributed by atoms with E-state index in [0.717, 1.165) is 5.69 Å². The molecule has 0 spiro atoms. The molecule has 0 radical (unpaired) electrons. The van der Waals surface area contributed by atoms with Gasteiger partial charge in [-0.05, 0) is 51.0 Å². The predicted molar refractivity (Wildman–Crippen MR) is 83.7 cm³/mol. The number of likely N-dealkylation sites (tertiary alicyclic amines) is 1. The molecule has 1 amide bonds. The summed E-state index contributed by atoms with van der Waals surface area (Å²) in [5.41, 5.74) is 7.28. The van der Waals surface area contributed by atoms with Crippen molar-refractivity contribution in [3.63, 3.8) is 0 Å². The standard InChI is InChI=1S/C16H25N3O/c1-12-5-4-6-13(2)19(12)11-16(20)18(3)15-9-7-14(17)8-10-15/h7-10,12-13H,4-6,11,17H2,1-3H3/t12-,13+. The molecule has 1 aliphatic heterocycles. The maximum atomic E-state index is 12.4. The Morgan fingerprint density at radius 2 is 1.80 bits per heavy atom. The van der Waals surface area contributed by atoms with Gasteiger partial charge in [0.15, 0.2) is 0 Å². The van der Waals surface area contributed by atoms with Gasteiger partial charge < -0.3 is 10.6 Å². The first kappa shape index (κ1) is 14.9. The van der Waals surface area contributed by atoms with Crippen LogP contribution in [0.4, 0.5) is 11.4 Å². The van der Waals surface area contributed by atoms with Gasteiger partial charge in [-0.15, -0.1) is 0 Å². The molecular formula is C16H25N3O. The minimum Gasteiger partial charge on any atom is -0.399 e. The molecular weight excluding hydrogens is 250 g/mol. The third-order valence-corrected chi connectivity index (χ3v) is 4.35. The van der Waals surface area contributed by atoms with Gasteiger partial charge in [-0.25, -0.2) is 0 Å². The fraction of sp³-hybridized carbons (Fsp3) is 0.562. The third-order valence-electron chi connectivity index (χ3n) is 4.35. The largest absolute Gasteiger partial charge is 0.399 e. The number of rotatable bonds is 3. The van der Waals surface area contributed by atoms with E-state index in [1.54, 1.807) is 4.90 Å². The molecule has 20 heavy (non-hydrogen) atoms. The zero-order chi connectivity index (χ0) is 14.7. The van der Waals surface area contributed by atoms with Gasteiger partial charge in [0, 0.05) is 30.5 Å². The van der Waals surface area contributed by atoms with Crippen LogP contribution < -0.4 is 10.6 Å². The second kappa shape index (κ2) is 6.27. The van der Waals surface area contributed by atoms with Crippen LogP contribution >= 0.6 is 0 Å². The van der Waals surface area contributed by atoms with E-state index in [1.807, 2.05) is 31.3 Å². The van der Waals surface area contributed by atoms with Crippen molar-refractivity contribution >= 4 is 17.3 Å². The van der Waals surface area contributed by atoms with E-state index in [9.17, 15) is 4.79 Å². The highest BCUT2D eigenvalue weighted by atomic mass is 16.2. The average molecular weight is 275 g/mol. The van der Waals surface area contributed by atoms with Crippen LogP contribution in [-0.2, 0) is 4.79 Å². The number of carbonyl (C=O) groups is 1. The highest BCUT2D eigenvalue weighted by Gasteiger charge is 2.27. The zero-order valence-corrected chi connectivity index (χ0v) is 12.7. The Morgan fingerprint density at radius 3 is 2.35 bits per heavy atom. The van der Waals surface area contributed by atoms with Gasteiger partial charge in [0.25, 0.3) is 0 Å². The lowest BCUT2D eigenvalue weighted by Gasteiger charge is -2.39. The molecule has 2 atom stereocenters. The Balaban J connectivity index is 2.01. The number of nitrogens with zero attached hydrogens (tertiary/aromatic N) is 2. The monoisotopic (exact) mass is 275 g/mol. The van der Waals surface area contributed by atoms with Gasteiger partial charge >= 0.3 is 0 Å². The molecule has 1 heterocycles. The molecule has 2 rings (SSSR count). The Labute approximate surface area is 121 Å². The van der Waals surface area contributed by atoms with Crippen LogP contribution in [0.15, 0.2) is 24.3 Å². The van der Waals surface area contributed by atoms with Crippen molar-refractivity contribution in [1.29, 1.82) is 0 Å².